The Bertz CT molecular complexity index is 474. The summed E-state index contributed by atoms with van der Waals surface area (Å²) in [6.45, 7) is 5.26. The molecule has 0 aliphatic heterocycles. The van der Waals surface area contributed by atoms with Gasteiger partial charge in [0, 0.05) is 5.57 Å². The van der Waals surface area contributed by atoms with E-state index in [4.69, 9.17) is 9.47 Å². The largest absolute Gasteiger partial charge is 0.497 e. The van der Waals surface area contributed by atoms with Crippen LogP contribution in [0.15, 0.2) is 48.6 Å². The number of benzene rings is 1. The summed E-state index contributed by atoms with van der Waals surface area (Å²) in [4.78, 5) is 11.7. The minimum atomic E-state index is -0.855. The molecule has 1 unspecified atom stereocenters. The van der Waals surface area contributed by atoms with E-state index in [0.29, 0.717) is 23.3 Å². The molecule has 108 valence electrons. The van der Waals surface area contributed by atoms with E-state index in [2.05, 4.69) is 6.58 Å². The van der Waals surface area contributed by atoms with Crippen molar-refractivity contribution < 1.29 is 19.4 Å². The van der Waals surface area contributed by atoms with E-state index in [1.54, 1.807) is 50.5 Å². The second kappa shape index (κ2) is 8.17. The normalized spacial score (nSPS) is 12.7. The van der Waals surface area contributed by atoms with Gasteiger partial charge in [-0.25, -0.2) is 4.79 Å². The van der Waals surface area contributed by atoms with Crippen molar-refractivity contribution >= 4 is 5.97 Å². The summed E-state index contributed by atoms with van der Waals surface area (Å²) >= 11 is 0. The number of aliphatic hydroxyl groups excluding tert-OH is 1. The van der Waals surface area contributed by atoms with Gasteiger partial charge in [0.15, 0.2) is 0 Å². The fourth-order valence-corrected chi connectivity index (χ4v) is 1.64. The predicted molar refractivity (Wildman–Crippen MR) is 77.5 cm³/mol. The minimum Gasteiger partial charge on any atom is -0.497 e. The van der Waals surface area contributed by atoms with Crippen molar-refractivity contribution in [1.82, 2.24) is 0 Å². The lowest BCUT2D eigenvalue weighted by molar-refractivity contribution is -0.142. The molecule has 0 aliphatic carbocycles. The summed E-state index contributed by atoms with van der Waals surface area (Å²) in [6.07, 6.45) is 2.92. The zero-order chi connectivity index (χ0) is 15.0. The van der Waals surface area contributed by atoms with Crippen molar-refractivity contribution in [2.75, 3.05) is 13.7 Å². The third kappa shape index (κ3) is 4.55. The molecule has 1 atom stereocenters. The molecule has 0 fully saturated rings. The molecule has 1 aromatic carbocycles. The molecular formula is C16H20O4. The lowest BCUT2D eigenvalue weighted by atomic mass is 10.1. The number of carbonyl (C=O) groups is 1. The number of rotatable bonds is 7. The van der Waals surface area contributed by atoms with Crippen LogP contribution in [-0.2, 0) is 9.53 Å². The summed E-state index contributed by atoms with van der Waals surface area (Å²) in [5.74, 6) is 0.278. The smallest absolute Gasteiger partial charge is 0.334 e. The highest BCUT2D eigenvalue weighted by Gasteiger charge is 2.13. The van der Waals surface area contributed by atoms with E-state index < -0.39 is 12.1 Å². The SMILES string of the molecule is C=CC/C(=C\C)C(=O)OCC(O)c1ccc(OC)cc1. The molecule has 1 N–H and O–H groups in total. The first-order valence-corrected chi connectivity index (χ1v) is 6.37. The van der Waals surface area contributed by atoms with Crippen LogP contribution in [0.2, 0.25) is 0 Å². The maximum Gasteiger partial charge on any atom is 0.334 e. The van der Waals surface area contributed by atoms with E-state index in [1.807, 2.05) is 0 Å². The summed E-state index contributed by atoms with van der Waals surface area (Å²) in [7, 11) is 1.57. The zero-order valence-corrected chi connectivity index (χ0v) is 11.8. The molecule has 4 nitrogen and oxygen atoms in total. The van der Waals surface area contributed by atoms with E-state index in [0.717, 1.165) is 0 Å². The van der Waals surface area contributed by atoms with Gasteiger partial charge in [0.05, 0.1) is 7.11 Å². The number of allylic oxidation sites excluding steroid dienone is 2. The number of ether oxygens (including phenoxy) is 2. The number of carbonyl (C=O) groups excluding carboxylic acids is 1. The number of hydrogen-bond donors (Lipinski definition) is 1. The molecular weight excluding hydrogens is 256 g/mol. The molecule has 0 saturated heterocycles. The molecule has 0 aliphatic rings. The first-order chi connectivity index (χ1) is 9.62. The maximum absolute atomic E-state index is 11.7. The second-order valence-electron chi connectivity index (χ2n) is 4.19. The monoisotopic (exact) mass is 276 g/mol. The van der Waals surface area contributed by atoms with Crippen LogP contribution in [0.5, 0.6) is 5.75 Å². The number of methoxy groups -OCH3 is 1. The molecule has 0 spiro atoms. The topological polar surface area (TPSA) is 55.8 Å². The van der Waals surface area contributed by atoms with Crippen molar-refractivity contribution in [3.8, 4) is 5.75 Å². The Balaban J connectivity index is 2.55. The molecule has 0 saturated carbocycles. The summed E-state index contributed by atoms with van der Waals surface area (Å²) < 4.78 is 10.1. The average molecular weight is 276 g/mol. The van der Waals surface area contributed by atoms with Crippen molar-refractivity contribution in [2.45, 2.75) is 19.4 Å². The summed E-state index contributed by atoms with van der Waals surface area (Å²) in [5, 5.41) is 9.96. The van der Waals surface area contributed by atoms with Crippen LogP contribution >= 0.6 is 0 Å². The lowest BCUT2D eigenvalue weighted by Crippen LogP contribution is -2.14. The van der Waals surface area contributed by atoms with Gasteiger partial charge < -0.3 is 14.6 Å². The molecule has 0 amide bonds. The highest BCUT2D eigenvalue weighted by atomic mass is 16.5. The lowest BCUT2D eigenvalue weighted by Gasteiger charge is -2.13. The van der Waals surface area contributed by atoms with Crippen molar-refractivity contribution in [2.24, 2.45) is 0 Å². The quantitative estimate of drug-likeness (QED) is 0.472. The number of aliphatic hydroxyl groups is 1. The third-order valence-corrected chi connectivity index (χ3v) is 2.85. The fraction of sp³-hybridized carbons (Fsp3) is 0.312. The number of hydrogen-bond acceptors (Lipinski definition) is 4. The van der Waals surface area contributed by atoms with Gasteiger partial charge in [0.25, 0.3) is 0 Å². The van der Waals surface area contributed by atoms with Gasteiger partial charge in [-0.2, -0.15) is 0 Å². The van der Waals surface area contributed by atoms with E-state index in [-0.39, 0.29) is 6.61 Å². The van der Waals surface area contributed by atoms with E-state index in [1.165, 1.54) is 0 Å². The summed E-state index contributed by atoms with van der Waals surface area (Å²) in [6, 6.07) is 6.96. The maximum atomic E-state index is 11.7. The Morgan fingerprint density at radius 3 is 2.55 bits per heavy atom. The van der Waals surface area contributed by atoms with Crippen molar-refractivity contribution in [3.63, 3.8) is 0 Å². The Labute approximate surface area is 119 Å². The average Bonchev–Trinajstić information content (AvgIpc) is 2.49. The van der Waals surface area contributed by atoms with E-state index >= 15 is 0 Å². The molecule has 1 aromatic rings. The van der Waals surface area contributed by atoms with Crippen LogP contribution in [0.25, 0.3) is 0 Å². The van der Waals surface area contributed by atoms with Gasteiger partial charge >= 0.3 is 5.97 Å². The van der Waals surface area contributed by atoms with Crippen LogP contribution in [0, 0.1) is 0 Å². The van der Waals surface area contributed by atoms with E-state index in [9.17, 15) is 9.90 Å². The van der Waals surface area contributed by atoms with Gasteiger partial charge in [0.2, 0.25) is 0 Å². The molecule has 4 heteroatoms. The molecule has 20 heavy (non-hydrogen) atoms. The Kier molecular flexibility index (Phi) is 6.53. The Morgan fingerprint density at radius 2 is 2.05 bits per heavy atom. The first-order valence-electron chi connectivity index (χ1n) is 6.37. The first kappa shape index (κ1) is 16.0. The zero-order valence-electron chi connectivity index (χ0n) is 11.8. The Morgan fingerprint density at radius 1 is 1.40 bits per heavy atom. The molecule has 0 radical (unpaired) electrons. The van der Waals surface area contributed by atoms with Gasteiger partial charge in [-0.15, -0.1) is 6.58 Å². The Hall–Kier alpha value is -2.07. The van der Waals surface area contributed by atoms with Gasteiger partial charge in [-0.3, -0.25) is 0 Å². The van der Waals surface area contributed by atoms with Gasteiger partial charge in [0.1, 0.15) is 18.5 Å². The second-order valence-corrected chi connectivity index (χ2v) is 4.19. The summed E-state index contributed by atoms with van der Waals surface area (Å²) in [5.41, 5.74) is 1.20. The van der Waals surface area contributed by atoms with Gasteiger partial charge in [-0.05, 0) is 31.0 Å². The van der Waals surface area contributed by atoms with Gasteiger partial charge in [-0.1, -0.05) is 24.3 Å². The molecule has 0 aromatic heterocycles. The standard InChI is InChI=1S/C16H20O4/c1-4-6-12(5-2)16(18)20-11-15(17)13-7-9-14(19-3)10-8-13/h4-5,7-10,15,17H,1,6,11H2,2-3H3/b12-5+. The van der Waals surface area contributed by atoms with Crippen molar-refractivity contribution in [3.05, 3.63) is 54.1 Å². The molecule has 0 heterocycles. The predicted octanol–water partition coefficient (Wildman–Crippen LogP) is 2.79. The highest BCUT2D eigenvalue weighted by molar-refractivity contribution is 5.88. The van der Waals surface area contributed by atoms with Crippen molar-refractivity contribution in [1.29, 1.82) is 0 Å². The minimum absolute atomic E-state index is 0.0837. The van der Waals surface area contributed by atoms with Crippen LogP contribution in [0.3, 0.4) is 0 Å². The van der Waals surface area contributed by atoms with Crippen LogP contribution in [0.4, 0.5) is 0 Å². The van der Waals surface area contributed by atoms with Crippen LogP contribution in [-0.4, -0.2) is 24.8 Å². The molecule has 0 bridgehead atoms. The fourth-order valence-electron chi connectivity index (χ4n) is 1.64. The number of esters is 1. The van der Waals surface area contributed by atoms with Crippen LogP contribution in [0.1, 0.15) is 25.0 Å². The molecule has 1 rings (SSSR count). The van der Waals surface area contributed by atoms with Crippen LogP contribution < -0.4 is 4.74 Å². The highest BCUT2D eigenvalue weighted by Crippen LogP contribution is 2.18. The third-order valence-electron chi connectivity index (χ3n) is 2.85.